The third-order valence-electron chi connectivity index (χ3n) is 5.97. The Morgan fingerprint density at radius 1 is 1.00 bits per heavy atom. The molecule has 1 aliphatic heterocycles. The summed E-state index contributed by atoms with van der Waals surface area (Å²) in [7, 11) is 1.36. The first-order valence-electron chi connectivity index (χ1n) is 11.2. The number of nitrogens with one attached hydrogen (secondary N) is 1. The molecule has 34 heavy (non-hydrogen) atoms. The van der Waals surface area contributed by atoms with Crippen LogP contribution in [0.3, 0.4) is 0 Å². The summed E-state index contributed by atoms with van der Waals surface area (Å²) in [6.07, 6.45) is 0. The maximum atomic E-state index is 12.9. The Hall–Kier alpha value is -2.71. The number of anilines is 1. The molecule has 3 aromatic rings. The van der Waals surface area contributed by atoms with Gasteiger partial charge in [-0.3, -0.25) is 14.6 Å². The number of hydrogen-bond donors (Lipinski definition) is 1. The molecule has 2 aromatic carbocycles. The number of esters is 1. The van der Waals surface area contributed by atoms with E-state index in [0.29, 0.717) is 10.6 Å². The minimum absolute atomic E-state index is 0.134. The lowest BCUT2D eigenvalue weighted by molar-refractivity contribution is -0.117. The van der Waals surface area contributed by atoms with Crippen molar-refractivity contribution in [2.75, 3.05) is 45.2 Å². The molecule has 4 rings (SSSR count). The van der Waals surface area contributed by atoms with Crippen molar-refractivity contribution in [1.82, 2.24) is 9.80 Å². The SMILES string of the molecule is COC(=O)c1c(NC(=O)CN2CCN(Cc3ccccc3Cl)CC2)sc(C)c1-c1ccccc1. The first kappa shape index (κ1) is 24.4. The molecule has 1 saturated heterocycles. The summed E-state index contributed by atoms with van der Waals surface area (Å²) >= 11 is 7.69. The molecule has 0 aliphatic carbocycles. The molecule has 0 radical (unpaired) electrons. The molecule has 1 fully saturated rings. The number of rotatable bonds is 7. The second-order valence-electron chi connectivity index (χ2n) is 8.29. The number of carbonyl (C=O) groups is 2. The molecule has 0 saturated carbocycles. The fourth-order valence-electron chi connectivity index (χ4n) is 4.22. The van der Waals surface area contributed by atoms with Crippen molar-refractivity contribution in [2.24, 2.45) is 0 Å². The lowest BCUT2D eigenvalue weighted by atomic mass is 10.0. The minimum atomic E-state index is -0.452. The van der Waals surface area contributed by atoms with E-state index in [2.05, 4.69) is 15.1 Å². The topological polar surface area (TPSA) is 61.9 Å². The van der Waals surface area contributed by atoms with E-state index in [0.717, 1.165) is 59.3 Å². The Kier molecular flexibility index (Phi) is 8.00. The standard InChI is InChI=1S/C26H28ClN3O3S/c1-18-23(19-8-4-3-5-9-19)24(26(32)33-2)25(34-18)28-22(31)17-30-14-12-29(13-15-30)16-20-10-6-7-11-21(20)27/h3-11H,12-17H2,1-2H3,(H,28,31). The van der Waals surface area contributed by atoms with E-state index in [1.807, 2.05) is 61.5 Å². The average molecular weight is 498 g/mol. The Bertz CT molecular complexity index is 1160. The highest BCUT2D eigenvalue weighted by Crippen LogP contribution is 2.40. The van der Waals surface area contributed by atoms with Crippen molar-refractivity contribution in [3.8, 4) is 11.1 Å². The monoisotopic (exact) mass is 497 g/mol. The molecule has 0 spiro atoms. The third-order valence-corrected chi connectivity index (χ3v) is 7.36. The van der Waals surface area contributed by atoms with Gasteiger partial charge in [-0.2, -0.15) is 0 Å². The van der Waals surface area contributed by atoms with Gasteiger partial charge in [0.15, 0.2) is 0 Å². The number of carbonyl (C=O) groups excluding carboxylic acids is 2. The number of benzene rings is 2. The highest BCUT2D eigenvalue weighted by molar-refractivity contribution is 7.17. The molecule has 1 N–H and O–H groups in total. The zero-order valence-corrected chi connectivity index (χ0v) is 20.9. The second kappa shape index (κ2) is 11.1. The van der Waals surface area contributed by atoms with E-state index in [9.17, 15) is 9.59 Å². The Balaban J connectivity index is 1.39. The number of hydrogen-bond acceptors (Lipinski definition) is 6. The maximum absolute atomic E-state index is 12.9. The van der Waals surface area contributed by atoms with Crippen LogP contribution in [0.15, 0.2) is 54.6 Å². The molecule has 0 bridgehead atoms. The van der Waals surface area contributed by atoms with Gasteiger partial charge in [-0.15, -0.1) is 11.3 Å². The van der Waals surface area contributed by atoms with Gasteiger partial charge in [0.25, 0.3) is 0 Å². The van der Waals surface area contributed by atoms with Crippen LogP contribution in [0.5, 0.6) is 0 Å². The number of amides is 1. The molecule has 1 aromatic heterocycles. The van der Waals surface area contributed by atoms with E-state index in [1.165, 1.54) is 18.4 Å². The van der Waals surface area contributed by atoms with Gasteiger partial charge in [-0.1, -0.05) is 60.1 Å². The summed E-state index contributed by atoms with van der Waals surface area (Å²) in [5, 5.41) is 4.29. The van der Waals surface area contributed by atoms with Crippen LogP contribution in [0.1, 0.15) is 20.8 Å². The number of methoxy groups -OCH3 is 1. The van der Waals surface area contributed by atoms with E-state index in [-0.39, 0.29) is 12.5 Å². The van der Waals surface area contributed by atoms with Crippen LogP contribution in [0.2, 0.25) is 5.02 Å². The summed E-state index contributed by atoms with van der Waals surface area (Å²) in [6, 6.07) is 17.6. The Labute approximate surface area is 209 Å². The van der Waals surface area contributed by atoms with Crippen molar-refractivity contribution in [3.05, 3.63) is 75.6 Å². The number of halogens is 1. The number of aryl methyl sites for hydroxylation is 1. The summed E-state index contributed by atoms with van der Waals surface area (Å²) in [4.78, 5) is 31.0. The summed E-state index contributed by atoms with van der Waals surface area (Å²) < 4.78 is 5.04. The molecule has 6 nitrogen and oxygen atoms in total. The smallest absolute Gasteiger partial charge is 0.341 e. The van der Waals surface area contributed by atoms with Crippen LogP contribution in [0.4, 0.5) is 5.00 Å². The number of ether oxygens (including phenoxy) is 1. The summed E-state index contributed by atoms with van der Waals surface area (Å²) in [6.45, 7) is 6.34. The van der Waals surface area contributed by atoms with Crippen LogP contribution in [-0.4, -0.2) is 61.5 Å². The summed E-state index contributed by atoms with van der Waals surface area (Å²) in [5.74, 6) is -0.586. The highest BCUT2D eigenvalue weighted by Gasteiger charge is 2.26. The van der Waals surface area contributed by atoms with E-state index in [1.54, 1.807) is 0 Å². The first-order valence-corrected chi connectivity index (χ1v) is 12.4. The van der Waals surface area contributed by atoms with Gasteiger partial charge in [-0.05, 0) is 24.1 Å². The van der Waals surface area contributed by atoms with Crippen LogP contribution in [0.25, 0.3) is 11.1 Å². The van der Waals surface area contributed by atoms with E-state index < -0.39 is 5.97 Å². The quantitative estimate of drug-likeness (QED) is 0.469. The van der Waals surface area contributed by atoms with Crippen molar-refractivity contribution < 1.29 is 14.3 Å². The molecule has 8 heteroatoms. The molecule has 1 aliphatic rings. The van der Waals surface area contributed by atoms with E-state index >= 15 is 0 Å². The van der Waals surface area contributed by atoms with E-state index in [4.69, 9.17) is 16.3 Å². The number of thiophene rings is 1. The third kappa shape index (κ3) is 5.67. The lowest BCUT2D eigenvalue weighted by Gasteiger charge is -2.34. The fourth-order valence-corrected chi connectivity index (χ4v) is 5.50. The average Bonchev–Trinajstić information content (AvgIpc) is 3.17. The molecular weight excluding hydrogens is 470 g/mol. The van der Waals surface area contributed by atoms with Crippen LogP contribution in [0, 0.1) is 6.92 Å². The largest absolute Gasteiger partial charge is 0.465 e. The maximum Gasteiger partial charge on any atom is 0.341 e. The normalized spacial score (nSPS) is 14.7. The van der Waals surface area contributed by atoms with Crippen molar-refractivity contribution >= 4 is 39.8 Å². The molecule has 178 valence electrons. The Morgan fingerprint density at radius 3 is 2.32 bits per heavy atom. The molecular formula is C26H28ClN3O3S. The van der Waals surface area contributed by atoms with Crippen LogP contribution in [-0.2, 0) is 16.1 Å². The molecule has 0 unspecified atom stereocenters. The van der Waals surface area contributed by atoms with Gasteiger partial charge in [0.05, 0.1) is 13.7 Å². The molecule has 1 amide bonds. The molecule has 0 atom stereocenters. The first-order chi connectivity index (χ1) is 16.5. The van der Waals surface area contributed by atoms with Crippen molar-refractivity contribution in [3.63, 3.8) is 0 Å². The van der Waals surface area contributed by atoms with Crippen molar-refractivity contribution in [1.29, 1.82) is 0 Å². The van der Waals surface area contributed by atoms with Gasteiger partial charge in [0.2, 0.25) is 5.91 Å². The Morgan fingerprint density at radius 2 is 1.65 bits per heavy atom. The van der Waals surface area contributed by atoms with Gasteiger partial charge in [0, 0.05) is 48.2 Å². The van der Waals surface area contributed by atoms with Crippen molar-refractivity contribution in [2.45, 2.75) is 13.5 Å². The predicted molar refractivity (Wildman–Crippen MR) is 138 cm³/mol. The molecule has 2 heterocycles. The van der Waals surface area contributed by atoms with Gasteiger partial charge in [-0.25, -0.2) is 4.79 Å². The minimum Gasteiger partial charge on any atom is -0.465 e. The predicted octanol–water partition coefficient (Wildman–Crippen LogP) is 4.92. The fraction of sp³-hybridized carbons (Fsp3) is 0.308. The second-order valence-corrected chi connectivity index (χ2v) is 9.92. The number of piperazine rings is 1. The summed E-state index contributed by atoms with van der Waals surface area (Å²) in [5.41, 5.74) is 3.26. The van der Waals surface area contributed by atoms with Crippen LogP contribution < -0.4 is 5.32 Å². The number of nitrogens with zero attached hydrogens (tertiary/aromatic N) is 2. The van der Waals surface area contributed by atoms with Gasteiger partial charge >= 0.3 is 5.97 Å². The highest BCUT2D eigenvalue weighted by atomic mass is 35.5. The lowest BCUT2D eigenvalue weighted by Crippen LogP contribution is -2.48. The zero-order valence-electron chi connectivity index (χ0n) is 19.3. The van der Waals surface area contributed by atoms with Gasteiger partial charge < -0.3 is 10.1 Å². The van der Waals surface area contributed by atoms with Gasteiger partial charge in [0.1, 0.15) is 10.6 Å². The van der Waals surface area contributed by atoms with Crippen LogP contribution >= 0.6 is 22.9 Å². The zero-order chi connectivity index (χ0) is 24.1.